The Morgan fingerprint density at radius 1 is 1.38 bits per heavy atom. The number of nitrogens with one attached hydrogen (secondary N) is 1. The van der Waals surface area contributed by atoms with E-state index in [1.807, 2.05) is 0 Å². The van der Waals surface area contributed by atoms with Crippen molar-refractivity contribution < 1.29 is 17.6 Å². The van der Waals surface area contributed by atoms with Crippen LogP contribution < -0.4 is 5.32 Å². The molecule has 0 atom stereocenters. The lowest BCUT2D eigenvalue weighted by Crippen LogP contribution is -2.14. The largest absolute Gasteiger partial charge is 0.421 e. The number of alkyl halides is 3. The predicted octanol–water partition coefficient (Wildman–Crippen LogP) is 4.44. The Balaban J connectivity index is 2.41. The summed E-state index contributed by atoms with van der Waals surface area (Å²) in [5.41, 5.74) is -2.37. The minimum atomic E-state index is -4.91. The molecule has 0 unspecified atom stereocenters. The molecule has 2 rings (SSSR count). The quantitative estimate of drug-likeness (QED) is 0.844. The number of rotatable bonds is 3. The van der Waals surface area contributed by atoms with Gasteiger partial charge in [0.15, 0.2) is 4.47 Å². The first-order valence-electron chi connectivity index (χ1n) is 5.47. The van der Waals surface area contributed by atoms with Crippen molar-refractivity contribution in [2.75, 3.05) is 5.32 Å². The highest BCUT2D eigenvalue weighted by atomic mass is 35.5. The molecule has 0 bridgehead atoms. The van der Waals surface area contributed by atoms with Crippen LogP contribution in [0.3, 0.4) is 0 Å². The van der Waals surface area contributed by atoms with Gasteiger partial charge in [0.1, 0.15) is 17.4 Å². The van der Waals surface area contributed by atoms with Gasteiger partial charge in [-0.05, 0) is 12.1 Å². The van der Waals surface area contributed by atoms with E-state index in [1.165, 1.54) is 6.20 Å². The molecule has 3 nitrogen and oxygen atoms in total. The Bertz CT molecular complexity index is 706. The molecule has 0 aliphatic heterocycles. The van der Waals surface area contributed by atoms with Crippen LogP contribution in [0.5, 0.6) is 0 Å². The van der Waals surface area contributed by atoms with Gasteiger partial charge in [0.25, 0.3) is 0 Å². The predicted molar refractivity (Wildman–Crippen MR) is 70.6 cm³/mol. The molecule has 2 aromatic rings. The number of aromatic nitrogens is 1. The highest BCUT2D eigenvalue weighted by molar-refractivity contribution is 7.15. The van der Waals surface area contributed by atoms with Crippen LogP contribution >= 0.6 is 22.9 Å². The summed E-state index contributed by atoms with van der Waals surface area (Å²) in [5.74, 6) is -1.44. The van der Waals surface area contributed by atoms with E-state index in [9.17, 15) is 17.6 Å². The topological polar surface area (TPSA) is 48.7 Å². The van der Waals surface area contributed by atoms with E-state index in [1.54, 1.807) is 6.07 Å². The molecule has 1 aromatic carbocycles. The fourth-order valence-corrected chi connectivity index (χ4v) is 2.59. The van der Waals surface area contributed by atoms with Crippen molar-refractivity contribution >= 4 is 28.6 Å². The van der Waals surface area contributed by atoms with Crippen LogP contribution in [0.1, 0.15) is 16.0 Å². The standard InChI is InChI=1S/C12H6ClF4N3S/c13-11-20-5-7(21-11)4-19-10-6(3-18)1-2-8(14)9(10)12(15,16)17/h1-2,5,19H,4H2. The zero-order valence-electron chi connectivity index (χ0n) is 10.1. The van der Waals surface area contributed by atoms with Crippen LogP contribution in [-0.2, 0) is 12.7 Å². The summed E-state index contributed by atoms with van der Waals surface area (Å²) in [6, 6.07) is 3.22. The molecule has 0 radical (unpaired) electrons. The number of nitriles is 1. The molecule has 9 heteroatoms. The molecule has 21 heavy (non-hydrogen) atoms. The third-order valence-corrected chi connectivity index (χ3v) is 3.64. The average molecular weight is 336 g/mol. The Labute approximate surface area is 125 Å². The Morgan fingerprint density at radius 2 is 2.10 bits per heavy atom. The maximum atomic E-state index is 13.5. The smallest absolute Gasteiger partial charge is 0.378 e. The number of benzene rings is 1. The van der Waals surface area contributed by atoms with Gasteiger partial charge in [-0.15, -0.1) is 11.3 Å². The molecule has 1 N–H and O–H groups in total. The lowest BCUT2D eigenvalue weighted by atomic mass is 10.1. The van der Waals surface area contributed by atoms with Crippen LogP contribution in [0.25, 0.3) is 0 Å². The summed E-state index contributed by atoms with van der Waals surface area (Å²) in [4.78, 5) is 4.30. The number of hydrogen-bond acceptors (Lipinski definition) is 4. The highest BCUT2D eigenvalue weighted by Crippen LogP contribution is 2.38. The van der Waals surface area contributed by atoms with Crippen LogP contribution in [0.2, 0.25) is 4.47 Å². The van der Waals surface area contributed by atoms with E-state index >= 15 is 0 Å². The Kier molecular flexibility index (Phi) is 4.34. The van der Waals surface area contributed by atoms with Gasteiger partial charge >= 0.3 is 6.18 Å². The van der Waals surface area contributed by atoms with E-state index < -0.39 is 23.2 Å². The molecular weight excluding hydrogens is 330 g/mol. The van der Waals surface area contributed by atoms with Crippen molar-refractivity contribution in [3.05, 3.63) is 44.6 Å². The van der Waals surface area contributed by atoms with Gasteiger partial charge in [-0.25, -0.2) is 9.37 Å². The van der Waals surface area contributed by atoms with Crippen LogP contribution in [0.15, 0.2) is 18.3 Å². The summed E-state index contributed by atoms with van der Waals surface area (Å²) < 4.78 is 52.5. The normalized spacial score (nSPS) is 11.2. The molecule has 0 fully saturated rings. The van der Waals surface area contributed by atoms with Gasteiger partial charge in [-0.1, -0.05) is 11.6 Å². The molecule has 110 valence electrons. The number of halogens is 5. The number of hydrogen-bond donors (Lipinski definition) is 1. The first-order chi connectivity index (χ1) is 9.82. The molecule has 0 spiro atoms. The number of anilines is 1. The van der Waals surface area contributed by atoms with Crippen LogP contribution in [0.4, 0.5) is 23.2 Å². The van der Waals surface area contributed by atoms with Gasteiger partial charge in [0.2, 0.25) is 0 Å². The van der Waals surface area contributed by atoms with Crippen molar-refractivity contribution in [2.24, 2.45) is 0 Å². The van der Waals surface area contributed by atoms with Crippen molar-refractivity contribution in [1.29, 1.82) is 5.26 Å². The third-order valence-electron chi connectivity index (χ3n) is 2.52. The monoisotopic (exact) mass is 335 g/mol. The summed E-state index contributed by atoms with van der Waals surface area (Å²) >= 11 is 6.69. The maximum absolute atomic E-state index is 13.5. The summed E-state index contributed by atoms with van der Waals surface area (Å²) in [6.07, 6.45) is -3.52. The summed E-state index contributed by atoms with van der Waals surface area (Å²) in [7, 11) is 0. The second kappa shape index (κ2) is 5.87. The third kappa shape index (κ3) is 3.43. The minimum absolute atomic E-state index is 0.0500. The maximum Gasteiger partial charge on any atom is 0.421 e. The minimum Gasteiger partial charge on any atom is -0.378 e. The second-order valence-corrected chi connectivity index (χ2v) is 5.58. The average Bonchev–Trinajstić information content (AvgIpc) is 2.80. The second-order valence-electron chi connectivity index (χ2n) is 3.89. The van der Waals surface area contributed by atoms with Crippen LogP contribution in [-0.4, -0.2) is 4.98 Å². The molecule has 0 amide bonds. The zero-order chi connectivity index (χ0) is 15.6. The van der Waals surface area contributed by atoms with E-state index in [2.05, 4.69) is 10.3 Å². The highest BCUT2D eigenvalue weighted by Gasteiger charge is 2.38. The van der Waals surface area contributed by atoms with Crippen molar-refractivity contribution in [3.8, 4) is 6.07 Å². The lowest BCUT2D eigenvalue weighted by Gasteiger charge is -2.16. The molecule has 0 saturated carbocycles. The van der Waals surface area contributed by atoms with Crippen molar-refractivity contribution in [1.82, 2.24) is 4.98 Å². The molecule has 1 heterocycles. The van der Waals surface area contributed by atoms with E-state index in [0.717, 1.165) is 17.4 Å². The molecule has 1 aromatic heterocycles. The lowest BCUT2D eigenvalue weighted by molar-refractivity contribution is -0.139. The first kappa shape index (κ1) is 15.5. The molecular formula is C12H6ClF4N3S. The van der Waals surface area contributed by atoms with E-state index in [4.69, 9.17) is 16.9 Å². The van der Waals surface area contributed by atoms with E-state index in [0.29, 0.717) is 10.9 Å². The van der Waals surface area contributed by atoms with Crippen molar-refractivity contribution in [2.45, 2.75) is 12.7 Å². The van der Waals surface area contributed by atoms with Gasteiger partial charge < -0.3 is 5.32 Å². The molecule has 0 saturated heterocycles. The first-order valence-corrected chi connectivity index (χ1v) is 6.66. The van der Waals surface area contributed by atoms with Gasteiger partial charge in [-0.2, -0.15) is 18.4 Å². The van der Waals surface area contributed by atoms with Gasteiger partial charge in [0, 0.05) is 11.1 Å². The molecule has 0 aliphatic carbocycles. The zero-order valence-corrected chi connectivity index (χ0v) is 11.7. The Morgan fingerprint density at radius 3 is 2.62 bits per heavy atom. The summed E-state index contributed by atoms with van der Waals surface area (Å²) in [5, 5.41) is 11.3. The fourth-order valence-electron chi connectivity index (χ4n) is 1.67. The Hall–Kier alpha value is -1.85. The number of thiazole rings is 1. The van der Waals surface area contributed by atoms with Gasteiger partial charge in [-0.3, -0.25) is 0 Å². The molecule has 0 aliphatic rings. The van der Waals surface area contributed by atoms with Gasteiger partial charge in [0.05, 0.1) is 17.8 Å². The van der Waals surface area contributed by atoms with Crippen molar-refractivity contribution in [3.63, 3.8) is 0 Å². The number of nitrogens with zero attached hydrogens (tertiary/aromatic N) is 2. The fraction of sp³-hybridized carbons (Fsp3) is 0.167. The SMILES string of the molecule is N#Cc1ccc(F)c(C(F)(F)F)c1NCc1cnc(Cl)s1. The van der Waals surface area contributed by atoms with Crippen LogP contribution in [0, 0.1) is 17.1 Å². The van der Waals surface area contributed by atoms with E-state index in [-0.39, 0.29) is 16.6 Å². The summed E-state index contributed by atoms with van der Waals surface area (Å²) in [6.45, 7) is -0.0500.